The van der Waals surface area contributed by atoms with E-state index in [1.165, 1.54) is 0 Å². The van der Waals surface area contributed by atoms with Crippen LogP contribution in [0, 0.1) is 6.92 Å². The zero-order valence-corrected chi connectivity index (χ0v) is 14.0. The van der Waals surface area contributed by atoms with Gasteiger partial charge in [0.1, 0.15) is 0 Å². The van der Waals surface area contributed by atoms with Crippen LogP contribution in [0.3, 0.4) is 0 Å². The van der Waals surface area contributed by atoms with Crippen LogP contribution in [-0.2, 0) is 9.53 Å². The van der Waals surface area contributed by atoms with Crippen LogP contribution >= 0.6 is 23.8 Å². The zero-order valence-electron chi connectivity index (χ0n) is 12.4. The molecule has 1 fully saturated rings. The number of anilines is 1. The molecule has 120 valence electrons. The summed E-state index contributed by atoms with van der Waals surface area (Å²) in [7, 11) is 0. The van der Waals surface area contributed by atoms with Gasteiger partial charge in [-0.2, -0.15) is 0 Å². The molecule has 7 heteroatoms. The number of thiocarbonyl (C=S) groups is 1. The van der Waals surface area contributed by atoms with Gasteiger partial charge in [0, 0.05) is 23.9 Å². The maximum atomic E-state index is 11.9. The first-order valence-corrected chi connectivity index (χ1v) is 8.03. The SMILES string of the molecule is Cc1c(Cl)cccc1NC(=O)CNC(=S)NC[C@@H]1CCCO1. The first kappa shape index (κ1) is 17.0. The highest BCUT2D eigenvalue weighted by Crippen LogP contribution is 2.22. The highest BCUT2D eigenvalue weighted by Gasteiger charge is 2.15. The molecule has 1 atom stereocenters. The topological polar surface area (TPSA) is 62.4 Å². The minimum absolute atomic E-state index is 0.101. The number of hydrogen-bond donors (Lipinski definition) is 3. The van der Waals surface area contributed by atoms with E-state index in [2.05, 4.69) is 16.0 Å². The van der Waals surface area contributed by atoms with Gasteiger partial charge in [0.2, 0.25) is 5.91 Å². The third kappa shape index (κ3) is 5.12. The number of hydrogen-bond acceptors (Lipinski definition) is 3. The van der Waals surface area contributed by atoms with Crippen molar-refractivity contribution in [3.63, 3.8) is 0 Å². The molecule has 1 amide bonds. The second-order valence-corrected chi connectivity index (χ2v) is 5.97. The number of carbonyl (C=O) groups is 1. The summed E-state index contributed by atoms with van der Waals surface area (Å²) in [5.41, 5.74) is 1.55. The minimum Gasteiger partial charge on any atom is -0.376 e. The maximum Gasteiger partial charge on any atom is 0.243 e. The summed E-state index contributed by atoms with van der Waals surface area (Å²) < 4.78 is 5.49. The van der Waals surface area contributed by atoms with Gasteiger partial charge in [-0.05, 0) is 49.7 Å². The number of ether oxygens (including phenoxy) is 1. The molecule has 0 spiro atoms. The van der Waals surface area contributed by atoms with Gasteiger partial charge >= 0.3 is 0 Å². The fourth-order valence-electron chi connectivity index (χ4n) is 2.17. The molecule has 0 radical (unpaired) electrons. The van der Waals surface area contributed by atoms with E-state index in [4.69, 9.17) is 28.6 Å². The molecular weight excluding hydrogens is 322 g/mol. The van der Waals surface area contributed by atoms with Crippen LogP contribution in [0.25, 0.3) is 0 Å². The van der Waals surface area contributed by atoms with Gasteiger partial charge < -0.3 is 20.7 Å². The Morgan fingerprint density at radius 3 is 3.00 bits per heavy atom. The highest BCUT2D eigenvalue weighted by molar-refractivity contribution is 7.80. The van der Waals surface area contributed by atoms with E-state index in [1.54, 1.807) is 12.1 Å². The number of carbonyl (C=O) groups excluding carboxylic acids is 1. The summed E-state index contributed by atoms with van der Waals surface area (Å²) in [5.74, 6) is -0.174. The van der Waals surface area contributed by atoms with Crippen LogP contribution in [0.15, 0.2) is 18.2 Å². The van der Waals surface area contributed by atoms with Gasteiger partial charge in [-0.3, -0.25) is 4.79 Å². The van der Waals surface area contributed by atoms with Crippen molar-refractivity contribution in [2.45, 2.75) is 25.9 Å². The fraction of sp³-hybridized carbons (Fsp3) is 0.467. The van der Waals surface area contributed by atoms with Crippen molar-refractivity contribution in [1.29, 1.82) is 0 Å². The zero-order chi connectivity index (χ0) is 15.9. The number of nitrogens with one attached hydrogen (secondary N) is 3. The average molecular weight is 342 g/mol. The summed E-state index contributed by atoms with van der Waals surface area (Å²) in [6.45, 7) is 3.44. The predicted molar refractivity (Wildman–Crippen MR) is 92.4 cm³/mol. The molecule has 0 aliphatic carbocycles. The van der Waals surface area contributed by atoms with E-state index in [0.717, 1.165) is 25.0 Å². The molecule has 3 N–H and O–H groups in total. The van der Waals surface area contributed by atoms with Gasteiger partial charge in [-0.25, -0.2) is 0 Å². The Morgan fingerprint density at radius 2 is 2.27 bits per heavy atom. The Balaban J connectivity index is 1.70. The second-order valence-electron chi connectivity index (χ2n) is 5.16. The Bertz CT molecular complexity index is 548. The Morgan fingerprint density at radius 1 is 1.45 bits per heavy atom. The van der Waals surface area contributed by atoms with Crippen LogP contribution in [-0.4, -0.2) is 36.8 Å². The molecule has 22 heavy (non-hydrogen) atoms. The molecule has 0 saturated carbocycles. The quantitative estimate of drug-likeness (QED) is 0.717. The van der Waals surface area contributed by atoms with Crippen LogP contribution in [0.4, 0.5) is 5.69 Å². The van der Waals surface area contributed by atoms with Crippen LogP contribution in [0.5, 0.6) is 0 Å². The molecule has 1 saturated heterocycles. The molecule has 2 rings (SSSR count). The van der Waals surface area contributed by atoms with E-state index in [1.807, 2.05) is 13.0 Å². The van der Waals surface area contributed by atoms with Crippen LogP contribution < -0.4 is 16.0 Å². The summed E-state index contributed by atoms with van der Waals surface area (Å²) in [6.07, 6.45) is 2.35. The van der Waals surface area contributed by atoms with E-state index >= 15 is 0 Å². The van der Waals surface area contributed by atoms with Gasteiger partial charge in [-0.15, -0.1) is 0 Å². The predicted octanol–water partition coefficient (Wildman–Crippen LogP) is 2.23. The number of rotatable bonds is 5. The van der Waals surface area contributed by atoms with Crippen molar-refractivity contribution in [3.05, 3.63) is 28.8 Å². The van der Waals surface area contributed by atoms with Crippen LogP contribution in [0.1, 0.15) is 18.4 Å². The van der Waals surface area contributed by atoms with E-state index in [-0.39, 0.29) is 18.6 Å². The molecule has 5 nitrogen and oxygen atoms in total. The summed E-state index contributed by atoms with van der Waals surface area (Å²) in [5, 5.41) is 9.82. The molecular formula is C15H20ClN3O2S. The van der Waals surface area contributed by atoms with Gasteiger partial charge in [-0.1, -0.05) is 17.7 Å². The summed E-state index contributed by atoms with van der Waals surface area (Å²) in [6, 6.07) is 5.40. The molecule has 1 aromatic rings. The summed E-state index contributed by atoms with van der Waals surface area (Å²) >= 11 is 11.2. The van der Waals surface area contributed by atoms with E-state index in [9.17, 15) is 4.79 Å². The van der Waals surface area contributed by atoms with Gasteiger partial charge in [0.25, 0.3) is 0 Å². The Hall–Kier alpha value is -1.37. The molecule has 1 aliphatic rings. The lowest BCUT2D eigenvalue weighted by Gasteiger charge is -2.14. The lowest BCUT2D eigenvalue weighted by molar-refractivity contribution is -0.115. The third-order valence-electron chi connectivity index (χ3n) is 3.47. The molecule has 1 aromatic carbocycles. The number of amides is 1. The van der Waals surface area contributed by atoms with Crippen molar-refractivity contribution in [1.82, 2.24) is 10.6 Å². The maximum absolute atomic E-state index is 11.9. The first-order valence-electron chi connectivity index (χ1n) is 7.24. The Kier molecular flexibility index (Phi) is 6.42. The molecule has 1 heterocycles. The van der Waals surface area contributed by atoms with Gasteiger partial charge in [0.05, 0.1) is 12.6 Å². The lowest BCUT2D eigenvalue weighted by Crippen LogP contribution is -2.42. The standard InChI is InChI=1S/C15H20ClN3O2S/c1-10-12(16)5-2-6-13(10)19-14(20)9-18-15(22)17-8-11-4-3-7-21-11/h2,5-6,11H,3-4,7-9H2,1H3,(H,19,20)(H2,17,18,22)/t11-/m0/s1. The van der Waals surface area contributed by atoms with Crippen molar-refractivity contribution in [3.8, 4) is 0 Å². The lowest BCUT2D eigenvalue weighted by atomic mass is 10.2. The monoisotopic (exact) mass is 341 g/mol. The highest BCUT2D eigenvalue weighted by atomic mass is 35.5. The van der Waals surface area contributed by atoms with Crippen molar-refractivity contribution >= 4 is 40.5 Å². The number of benzene rings is 1. The van der Waals surface area contributed by atoms with Crippen molar-refractivity contribution in [2.75, 3.05) is 25.0 Å². The normalized spacial score (nSPS) is 17.1. The third-order valence-corrected chi connectivity index (χ3v) is 4.16. The molecule has 1 aliphatic heterocycles. The average Bonchev–Trinajstić information content (AvgIpc) is 3.01. The summed E-state index contributed by atoms with van der Waals surface area (Å²) in [4.78, 5) is 11.9. The van der Waals surface area contributed by atoms with E-state index in [0.29, 0.717) is 22.4 Å². The van der Waals surface area contributed by atoms with Crippen molar-refractivity contribution in [2.24, 2.45) is 0 Å². The molecule has 0 unspecified atom stereocenters. The van der Waals surface area contributed by atoms with Crippen molar-refractivity contribution < 1.29 is 9.53 Å². The molecule has 0 bridgehead atoms. The van der Waals surface area contributed by atoms with Gasteiger partial charge in [0.15, 0.2) is 5.11 Å². The minimum atomic E-state index is -0.174. The fourth-order valence-corrected chi connectivity index (χ4v) is 2.50. The first-order chi connectivity index (χ1) is 10.6. The van der Waals surface area contributed by atoms with E-state index < -0.39 is 0 Å². The Labute approximate surface area is 140 Å². The van der Waals surface area contributed by atoms with Crippen LogP contribution in [0.2, 0.25) is 5.02 Å². The largest absolute Gasteiger partial charge is 0.376 e. The second kappa shape index (κ2) is 8.31. The molecule has 0 aromatic heterocycles. The number of halogens is 1. The smallest absolute Gasteiger partial charge is 0.243 e.